The fraction of sp³-hybridized carbons (Fsp3) is 1.00. The summed E-state index contributed by atoms with van der Waals surface area (Å²) in [6.45, 7) is 3.44. The van der Waals surface area contributed by atoms with E-state index >= 15 is 0 Å². The Morgan fingerprint density at radius 2 is 1.56 bits per heavy atom. The fourth-order valence-electron chi connectivity index (χ4n) is 0.902. The molecule has 0 rings (SSSR count). The highest BCUT2D eigenvalue weighted by atomic mass is 16.5. The van der Waals surface area contributed by atoms with Crippen molar-refractivity contribution in [2.45, 2.75) is 6.42 Å². The molecule has 0 spiro atoms. The molecule has 1 N–H and O–H groups in total. The van der Waals surface area contributed by atoms with Crippen molar-refractivity contribution in [2.75, 3.05) is 52.8 Å². The van der Waals surface area contributed by atoms with E-state index in [1.54, 1.807) is 0 Å². The molecule has 0 fully saturated rings. The number of aliphatic hydroxyl groups is 1. The van der Waals surface area contributed by atoms with Crippen LogP contribution in [0.5, 0.6) is 0 Å². The first-order chi connectivity index (χ1) is 7.91. The summed E-state index contributed by atoms with van der Waals surface area (Å²) >= 11 is 0. The van der Waals surface area contributed by atoms with Gasteiger partial charge in [0.1, 0.15) is 0 Å². The summed E-state index contributed by atoms with van der Waals surface area (Å²) in [4.78, 5) is 2.60. The standard InChI is InChI=1S/C9H19N3O4/c10-12-11-2-6-16-9-8-15-5-1-4-14-7-3-13/h13H,1-9H2. The SMILES string of the molecule is [N-]=[N+]=NCCOCCOCCCOCCO. The topological polar surface area (TPSA) is 96.7 Å². The monoisotopic (exact) mass is 233 g/mol. The van der Waals surface area contributed by atoms with E-state index < -0.39 is 0 Å². The molecule has 0 aliphatic carbocycles. The van der Waals surface area contributed by atoms with E-state index in [1.807, 2.05) is 0 Å². The van der Waals surface area contributed by atoms with Crippen molar-refractivity contribution < 1.29 is 19.3 Å². The Hall–Kier alpha value is -0.850. The van der Waals surface area contributed by atoms with Gasteiger partial charge >= 0.3 is 0 Å². The van der Waals surface area contributed by atoms with Crippen LogP contribution in [0.2, 0.25) is 0 Å². The molecule has 0 heterocycles. The Morgan fingerprint density at radius 1 is 0.938 bits per heavy atom. The average molecular weight is 233 g/mol. The fourth-order valence-corrected chi connectivity index (χ4v) is 0.902. The highest BCUT2D eigenvalue weighted by Crippen LogP contribution is 1.86. The van der Waals surface area contributed by atoms with E-state index in [4.69, 9.17) is 24.8 Å². The highest BCUT2D eigenvalue weighted by Gasteiger charge is 1.91. The minimum atomic E-state index is 0.0554. The van der Waals surface area contributed by atoms with Gasteiger partial charge in [-0.3, -0.25) is 0 Å². The second-order valence-corrected chi connectivity index (χ2v) is 2.87. The van der Waals surface area contributed by atoms with Crippen molar-refractivity contribution in [3.8, 4) is 0 Å². The zero-order valence-corrected chi connectivity index (χ0v) is 9.38. The number of nitrogens with zero attached hydrogens (tertiary/aromatic N) is 3. The second kappa shape index (κ2) is 14.2. The third-order valence-electron chi connectivity index (χ3n) is 1.58. The molecule has 0 aliphatic rings. The van der Waals surface area contributed by atoms with Gasteiger partial charge in [0.25, 0.3) is 0 Å². The summed E-state index contributed by atoms with van der Waals surface area (Å²) in [5, 5.41) is 11.8. The molecule has 0 saturated heterocycles. The molecule has 0 saturated carbocycles. The quantitative estimate of drug-likeness (QED) is 0.232. The van der Waals surface area contributed by atoms with Gasteiger partial charge in [0.05, 0.1) is 33.0 Å². The normalized spacial score (nSPS) is 10.1. The molecule has 94 valence electrons. The number of ether oxygens (including phenoxy) is 3. The average Bonchev–Trinajstić information content (AvgIpc) is 2.31. The van der Waals surface area contributed by atoms with Crippen LogP contribution in [0.15, 0.2) is 5.11 Å². The van der Waals surface area contributed by atoms with E-state index in [9.17, 15) is 0 Å². The predicted molar refractivity (Wildman–Crippen MR) is 58.2 cm³/mol. The summed E-state index contributed by atoms with van der Waals surface area (Å²) in [6.07, 6.45) is 0.804. The van der Waals surface area contributed by atoms with Gasteiger partial charge in [-0.15, -0.1) is 0 Å². The van der Waals surface area contributed by atoms with Crippen LogP contribution in [0.1, 0.15) is 6.42 Å². The van der Waals surface area contributed by atoms with Crippen LogP contribution in [0, 0.1) is 0 Å². The molecule has 0 atom stereocenters. The van der Waals surface area contributed by atoms with Gasteiger partial charge in [-0.1, -0.05) is 5.11 Å². The number of hydrogen-bond donors (Lipinski definition) is 1. The first kappa shape index (κ1) is 15.2. The van der Waals surface area contributed by atoms with Gasteiger partial charge in [-0.2, -0.15) is 0 Å². The molecule has 16 heavy (non-hydrogen) atoms. The summed E-state index contributed by atoms with van der Waals surface area (Å²) in [5.74, 6) is 0. The lowest BCUT2D eigenvalue weighted by molar-refractivity contribution is 0.0333. The number of azide groups is 1. The Morgan fingerprint density at radius 3 is 2.19 bits per heavy atom. The van der Waals surface area contributed by atoms with Crippen molar-refractivity contribution in [3.63, 3.8) is 0 Å². The van der Waals surface area contributed by atoms with Crippen LogP contribution >= 0.6 is 0 Å². The van der Waals surface area contributed by atoms with Gasteiger partial charge in [0.15, 0.2) is 0 Å². The molecular formula is C9H19N3O4. The van der Waals surface area contributed by atoms with Crippen molar-refractivity contribution in [3.05, 3.63) is 10.4 Å². The minimum Gasteiger partial charge on any atom is -0.394 e. The lowest BCUT2D eigenvalue weighted by atomic mass is 10.5. The third-order valence-corrected chi connectivity index (χ3v) is 1.58. The predicted octanol–water partition coefficient (Wildman–Crippen LogP) is 0.729. The van der Waals surface area contributed by atoms with E-state index in [1.165, 1.54) is 0 Å². The highest BCUT2D eigenvalue weighted by molar-refractivity contribution is 4.44. The lowest BCUT2D eigenvalue weighted by Gasteiger charge is -2.05. The third kappa shape index (κ3) is 13.2. The minimum absolute atomic E-state index is 0.0554. The number of hydrogen-bond acceptors (Lipinski definition) is 5. The summed E-state index contributed by atoms with van der Waals surface area (Å²) in [7, 11) is 0. The molecule has 0 aromatic heterocycles. The van der Waals surface area contributed by atoms with Crippen LogP contribution in [0.4, 0.5) is 0 Å². The molecule has 0 aromatic carbocycles. The molecule has 0 aromatic rings. The first-order valence-corrected chi connectivity index (χ1v) is 5.26. The maximum atomic E-state index is 8.42. The molecule has 0 amide bonds. The Labute approximate surface area is 94.9 Å². The molecule has 0 aliphatic heterocycles. The van der Waals surface area contributed by atoms with E-state index in [2.05, 4.69) is 10.0 Å². The summed E-state index contributed by atoms with van der Waals surface area (Å²) < 4.78 is 15.4. The summed E-state index contributed by atoms with van der Waals surface area (Å²) in [6, 6.07) is 0. The molecule has 7 heteroatoms. The van der Waals surface area contributed by atoms with E-state index in [0.717, 1.165) is 6.42 Å². The van der Waals surface area contributed by atoms with E-state index in [-0.39, 0.29) is 6.61 Å². The van der Waals surface area contributed by atoms with Gasteiger partial charge in [-0.25, -0.2) is 0 Å². The Bertz CT molecular complexity index is 186. The number of aliphatic hydroxyl groups excluding tert-OH is 1. The second-order valence-electron chi connectivity index (χ2n) is 2.87. The zero-order valence-electron chi connectivity index (χ0n) is 9.38. The Kier molecular flexibility index (Phi) is 13.4. The van der Waals surface area contributed by atoms with Crippen molar-refractivity contribution in [1.82, 2.24) is 0 Å². The molecule has 0 unspecified atom stereocenters. The number of rotatable bonds is 12. The maximum absolute atomic E-state index is 8.42. The summed E-state index contributed by atoms with van der Waals surface area (Å²) in [5.41, 5.74) is 7.98. The van der Waals surface area contributed by atoms with Crippen LogP contribution in [-0.4, -0.2) is 57.9 Å². The van der Waals surface area contributed by atoms with Crippen LogP contribution in [0.25, 0.3) is 10.4 Å². The first-order valence-electron chi connectivity index (χ1n) is 5.26. The smallest absolute Gasteiger partial charge is 0.0700 e. The van der Waals surface area contributed by atoms with Gasteiger partial charge in [-0.05, 0) is 12.0 Å². The maximum Gasteiger partial charge on any atom is 0.0700 e. The molecule has 7 nitrogen and oxygen atoms in total. The van der Waals surface area contributed by atoms with Gasteiger partial charge in [0.2, 0.25) is 0 Å². The molecule has 0 bridgehead atoms. The zero-order chi connectivity index (χ0) is 11.9. The van der Waals surface area contributed by atoms with Crippen LogP contribution in [0.3, 0.4) is 0 Å². The van der Waals surface area contributed by atoms with Gasteiger partial charge < -0.3 is 19.3 Å². The molecule has 0 radical (unpaired) electrons. The lowest BCUT2D eigenvalue weighted by Crippen LogP contribution is -2.09. The largest absolute Gasteiger partial charge is 0.394 e. The van der Waals surface area contributed by atoms with E-state index in [0.29, 0.717) is 46.2 Å². The van der Waals surface area contributed by atoms with Crippen molar-refractivity contribution in [2.24, 2.45) is 5.11 Å². The van der Waals surface area contributed by atoms with Crippen molar-refractivity contribution in [1.29, 1.82) is 0 Å². The van der Waals surface area contributed by atoms with Crippen LogP contribution < -0.4 is 0 Å². The van der Waals surface area contributed by atoms with Crippen LogP contribution in [-0.2, 0) is 14.2 Å². The molecular weight excluding hydrogens is 214 g/mol. The van der Waals surface area contributed by atoms with Crippen molar-refractivity contribution >= 4 is 0 Å². The van der Waals surface area contributed by atoms with Gasteiger partial charge in [0, 0.05) is 24.7 Å². The Balaban J connectivity index is 2.90.